The van der Waals surface area contributed by atoms with Gasteiger partial charge in [-0.25, -0.2) is 8.42 Å². The van der Waals surface area contributed by atoms with Gasteiger partial charge in [0, 0.05) is 30.1 Å². The molecule has 4 aromatic carbocycles. The molecule has 0 bridgehead atoms. The van der Waals surface area contributed by atoms with Crippen molar-refractivity contribution in [2.45, 2.75) is 50.2 Å². The monoisotopic (exact) mass is 737 g/mol. The number of halogens is 1. The number of methoxy groups -OCH3 is 4. The van der Waals surface area contributed by atoms with Crippen LogP contribution in [0.3, 0.4) is 0 Å². The summed E-state index contributed by atoms with van der Waals surface area (Å²) in [6.07, 6.45) is 0.835. The number of sulfonamides is 1. The van der Waals surface area contributed by atoms with E-state index in [0.29, 0.717) is 23.5 Å². The van der Waals surface area contributed by atoms with E-state index in [-0.39, 0.29) is 52.0 Å². The highest BCUT2D eigenvalue weighted by Gasteiger charge is 2.36. The van der Waals surface area contributed by atoms with Crippen molar-refractivity contribution in [3.05, 3.63) is 107 Å². The van der Waals surface area contributed by atoms with Crippen LogP contribution in [0.25, 0.3) is 0 Å². The number of anilines is 1. The van der Waals surface area contributed by atoms with Gasteiger partial charge in [-0.05, 0) is 66.9 Å². The fraction of sp³-hybridized carbons (Fsp3) is 0.316. The van der Waals surface area contributed by atoms with E-state index in [1.165, 1.54) is 63.7 Å². The first-order valence-electron chi connectivity index (χ1n) is 16.3. The summed E-state index contributed by atoms with van der Waals surface area (Å²) in [6.45, 7) is 3.10. The van der Waals surface area contributed by atoms with Crippen LogP contribution in [0.4, 0.5) is 5.69 Å². The van der Waals surface area contributed by atoms with Crippen LogP contribution in [-0.4, -0.2) is 72.2 Å². The normalized spacial score (nSPS) is 12.3. The quantitative estimate of drug-likeness (QED) is 0.138. The average molecular weight is 738 g/mol. The van der Waals surface area contributed by atoms with Crippen molar-refractivity contribution < 1.29 is 37.0 Å². The van der Waals surface area contributed by atoms with E-state index in [9.17, 15) is 18.0 Å². The Kier molecular flexibility index (Phi) is 13.6. The smallest absolute Gasteiger partial charge is 0.265 e. The fourth-order valence-corrected chi connectivity index (χ4v) is 7.04. The Labute approximate surface area is 305 Å². The van der Waals surface area contributed by atoms with Gasteiger partial charge in [-0.2, -0.15) is 0 Å². The largest absolute Gasteiger partial charge is 0.497 e. The predicted octanol–water partition coefficient (Wildman–Crippen LogP) is 6.12. The minimum absolute atomic E-state index is 0.0260. The Morgan fingerprint density at radius 1 is 0.784 bits per heavy atom. The number of nitrogens with one attached hydrogen (secondary N) is 1. The zero-order valence-corrected chi connectivity index (χ0v) is 31.2. The van der Waals surface area contributed by atoms with E-state index in [0.717, 1.165) is 9.87 Å². The van der Waals surface area contributed by atoms with Crippen molar-refractivity contribution in [2.24, 2.45) is 0 Å². The van der Waals surface area contributed by atoms with Crippen LogP contribution < -0.4 is 28.6 Å². The van der Waals surface area contributed by atoms with Gasteiger partial charge in [-0.15, -0.1) is 0 Å². The number of hydrogen-bond acceptors (Lipinski definition) is 8. The minimum Gasteiger partial charge on any atom is -0.497 e. The second kappa shape index (κ2) is 17.8. The lowest BCUT2D eigenvalue weighted by atomic mass is 10.0. The molecule has 0 unspecified atom stereocenters. The molecule has 0 aliphatic rings. The number of ether oxygens (including phenoxy) is 4. The van der Waals surface area contributed by atoms with Crippen LogP contribution in [0.15, 0.2) is 95.9 Å². The third kappa shape index (κ3) is 9.65. The maximum Gasteiger partial charge on any atom is 0.265 e. The molecule has 0 aromatic heterocycles. The van der Waals surface area contributed by atoms with Crippen LogP contribution in [0.5, 0.6) is 23.0 Å². The highest BCUT2D eigenvalue weighted by atomic mass is 35.5. The molecule has 2 amide bonds. The van der Waals surface area contributed by atoms with Crippen molar-refractivity contribution in [1.29, 1.82) is 0 Å². The summed E-state index contributed by atoms with van der Waals surface area (Å²) in [4.78, 5) is 30.2. The average Bonchev–Trinajstić information content (AvgIpc) is 3.14. The Bertz CT molecular complexity index is 1910. The molecule has 0 radical (unpaired) electrons. The lowest BCUT2D eigenvalue weighted by Gasteiger charge is -2.34. The van der Waals surface area contributed by atoms with E-state index in [1.807, 2.05) is 50.2 Å². The molecule has 0 saturated carbocycles. The standard InChI is InChI=1S/C38H44ClN3O8S/c1-7-26(2)40-38(44)33(21-27-12-9-8-10-13-27)41(24-28-14-11-15-30(20-28)47-3)37(43)25-42(32-22-29(39)16-18-34(32)48-4)51(45,46)31-17-19-35(49-5)36(23-31)50-6/h8-20,22-23,26,33H,7,21,24-25H2,1-6H3,(H,40,44)/t26-,33-/m1/s1. The summed E-state index contributed by atoms with van der Waals surface area (Å²) in [5, 5.41) is 3.25. The van der Waals surface area contributed by atoms with Gasteiger partial charge in [0.15, 0.2) is 11.5 Å². The van der Waals surface area contributed by atoms with Gasteiger partial charge in [-0.1, -0.05) is 61.0 Å². The SMILES string of the molecule is CC[C@@H](C)NC(=O)[C@@H](Cc1ccccc1)N(Cc1cccc(OC)c1)C(=O)CN(c1cc(Cl)ccc1OC)S(=O)(=O)c1ccc(OC)c(OC)c1. The predicted molar refractivity (Wildman–Crippen MR) is 197 cm³/mol. The number of benzene rings is 4. The number of amides is 2. The molecule has 13 heteroatoms. The van der Waals surface area contributed by atoms with E-state index in [4.69, 9.17) is 30.5 Å². The topological polar surface area (TPSA) is 124 Å². The second-order valence-corrected chi connectivity index (χ2v) is 14.0. The number of carbonyl (C=O) groups excluding carboxylic acids is 2. The maximum atomic E-state index is 14.9. The summed E-state index contributed by atoms with van der Waals surface area (Å²) in [5.74, 6) is 0.186. The number of hydrogen-bond donors (Lipinski definition) is 1. The van der Waals surface area contributed by atoms with Gasteiger partial charge in [0.05, 0.1) is 39.0 Å². The van der Waals surface area contributed by atoms with Crippen LogP contribution in [0.1, 0.15) is 31.4 Å². The van der Waals surface area contributed by atoms with Crippen molar-refractivity contribution in [1.82, 2.24) is 10.2 Å². The van der Waals surface area contributed by atoms with Crippen LogP contribution in [0, 0.1) is 0 Å². The number of nitrogens with zero attached hydrogens (tertiary/aromatic N) is 2. The third-order valence-corrected chi connectivity index (χ3v) is 10.4. The van der Waals surface area contributed by atoms with Gasteiger partial charge >= 0.3 is 0 Å². The first-order chi connectivity index (χ1) is 24.4. The highest BCUT2D eigenvalue weighted by Crippen LogP contribution is 2.37. The first-order valence-corrected chi connectivity index (χ1v) is 18.1. The van der Waals surface area contributed by atoms with Gasteiger partial charge in [0.2, 0.25) is 11.8 Å². The van der Waals surface area contributed by atoms with E-state index < -0.39 is 28.5 Å². The summed E-state index contributed by atoms with van der Waals surface area (Å²) in [6, 6.07) is 23.9. The number of carbonyl (C=O) groups is 2. The fourth-order valence-electron chi connectivity index (χ4n) is 5.44. The molecule has 51 heavy (non-hydrogen) atoms. The van der Waals surface area contributed by atoms with E-state index in [1.54, 1.807) is 24.3 Å². The molecule has 0 spiro atoms. The molecule has 272 valence electrons. The Morgan fingerprint density at radius 2 is 1.45 bits per heavy atom. The van der Waals surface area contributed by atoms with E-state index in [2.05, 4.69) is 5.32 Å². The lowest BCUT2D eigenvalue weighted by molar-refractivity contribution is -0.140. The molecule has 0 heterocycles. The lowest BCUT2D eigenvalue weighted by Crippen LogP contribution is -2.54. The van der Waals surface area contributed by atoms with Gasteiger partial charge < -0.3 is 29.2 Å². The van der Waals surface area contributed by atoms with Crippen LogP contribution >= 0.6 is 11.6 Å². The van der Waals surface area contributed by atoms with E-state index >= 15 is 0 Å². The maximum absolute atomic E-state index is 14.9. The summed E-state index contributed by atoms with van der Waals surface area (Å²) < 4.78 is 51.9. The molecule has 11 nitrogen and oxygen atoms in total. The first kappa shape index (κ1) is 38.9. The third-order valence-electron chi connectivity index (χ3n) is 8.39. The molecular formula is C38H44ClN3O8S. The molecule has 2 atom stereocenters. The molecule has 0 saturated heterocycles. The Morgan fingerprint density at radius 3 is 2.10 bits per heavy atom. The molecule has 4 aromatic rings. The van der Waals surface area contributed by atoms with Crippen molar-refractivity contribution >= 4 is 39.1 Å². The minimum atomic E-state index is -4.51. The van der Waals surface area contributed by atoms with Crippen LogP contribution in [0.2, 0.25) is 5.02 Å². The zero-order chi connectivity index (χ0) is 37.1. The summed E-state index contributed by atoms with van der Waals surface area (Å²) >= 11 is 6.41. The summed E-state index contributed by atoms with van der Waals surface area (Å²) in [5.41, 5.74) is 1.52. The van der Waals surface area contributed by atoms with Gasteiger partial charge in [-0.3, -0.25) is 13.9 Å². The molecular weight excluding hydrogens is 694 g/mol. The molecule has 0 aliphatic carbocycles. The highest BCUT2D eigenvalue weighted by molar-refractivity contribution is 7.92. The molecule has 1 N–H and O–H groups in total. The second-order valence-electron chi connectivity index (χ2n) is 11.7. The molecule has 4 rings (SSSR count). The van der Waals surface area contributed by atoms with Gasteiger partial charge in [0.1, 0.15) is 24.1 Å². The molecule has 0 aliphatic heterocycles. The molecule has 0 fully saturated rings. The van der Waals surface area contributed by atoms with Crippen molar-refractivity contribution in [3.63, 3.8) is 0 Å². The Hall–Kier alpha value is -4.94. The van der Waals surface area contributed by atoms with Crippen LogP contribution in [-0.2, 0) is 32.6 Å². The Balaban J connectivity index is 1.90. The summed E-state index contributed by atoms with van der Waals surface area (Å²) in [7, 11) is 1.25. The van der Waals surface area contributed by atoms with Gasteiger partial charge in [0.25, 0.3) is 10.0 Å². The zero-order valence-electron chi connectivity index (χ0n) is 29.6. The van der Waals surface area contributed by atoms with Crippen molar-refractivity contribution in [2.75, 3.05) is 39.3 Å². The van der Waals surface area contributed by atoms with Crippen molar-refractivity contribution in [3.8, 4) is 23.0 Å². The number of rotatable bonds is 17.